The van der Waals surface area contributed by atoms with E-state index in [0.29, 0.717) is 24.2 Å². The van der Waals surface area contributed by atoms with E-state index in [4.69, 9.17) is 0 Å². The van der Waals surface area contributed by atoms with E-state index in [0.717, 1.165) is 25.7 Å². The van der Waals surface area contributed by atoms with E-state index in [1.807, 2.05) is 12.1 Å². The van der Waals surface area contributed by atoms with Crippen molar-refractivity contribution in [2.24, 2.45) is 28.6 Å². The largest absolute Gasteiger partial charge is 0.478 e. The third-order valence-corrected chi connectivity index (χ3v) is 9.27. The SMILES string of the molecule is C=C1CC2NC(=O)C(C(=O)O)=C[C@]2(C)[C@@H]2CC[C@]3(C)C(c4ccc(F)cc4)CC[C@H]3[C@H]12. The monoisotopic (exact) mass is 423 g/mol. The normalized spacial score (nSPS) is 41.5. The van der Waals surface area contributed by atoms with E-state index < -0.39 is 11.9 Å². The molecule has 0 aromatic heterocycles. The van der Waals surface area contributed by atoms with Gasteiger partial charge in [-0.1, -0.05) is 44.2 Å². The molecule has 2 unspecified atom stereocenters. The molecule has 0 bridgehead atoms. The quantitative estimate of drug-likeness (QED) is 0.529. The van der Waals surface area contributed by atoms with Crippen molar-refractivity contribution in [2.75, 3.05) is 0 Å². The minimum atomic E-state index is -1.16. The molecule has 4 aliphatic rings. The lowest BCUT2D eigenvalue weighted by molar-refractivity contribution is -0.136. The Labute approximate surface area is 182 Å². The van der Waals surface area contributed by atoms with Crippen molar-refractivity contribution in [1.29, 1.82) is 0 Å². The molecule has 1 heterocycles. The summed E-state index contributed by atoms with van der Waals surface area (Å²) in [5, 5.41) is 12.5. The van der Waals surface area contributed by atoms with Gasteiger partial charge in [-0.2, -0.15) is 0 Å². The Morgan fingerprint density at radius 2 is 1.87 bits per heavy atom. The number of hydrogen-bond donors (Lipinski definition) is 2. The first-order chi connectivity index (χ1) is 14.6. The Morgan fingerprint density at radius 1 is 1.16 bits per heavy atom. The lowest BCUT2D eigenvalue weighted by Gasteiger charge is -2.59. The molecule has 1 aromatic rings. The number of carbonyl (C=O) groups excluding carboxylic acids is 1. The lowest BCUT2D eigenvalue weighted by Crippen LogP contribution is -2.61. The fourth-order valence-corrected chi connectivity index (χ4v) is 7.71. The van der Waals surface area contributed by atoms with Crippen LogP contribution in [0.25, 0.3) is 0 Å². The number of rotatable bonds is 2. The maximum absolute atomic E-state index is 13.5. The van der Waals surface area contributed by atoms with E-state index in [9.17, 15) is 19.1 Å². The predicted octanol–water partition coefficient (Wildman–Crippen LogP) is 4.83. The second kappa shape index (κ2) is 6.78. The fraction of sp³-hybridized carbons (Fsp3) is 0.538. The third-order valence-electron chi connectivity index (χ3n) is 9.27. The molecule has 164 valence electrons. The van der Waals surface area contributed by atoms with Gasteiger partial charge in [0.1, 0.15) is 11.4 Å². The van der Waals surface area contributed by atoms with E-state index >= 15 is 0 Å². The average molecular weight is 424 g/mol. The molecule has 4 nitrogen and oxygen atoms in total. The second-order valence-electron chi connectivity index (χ2n) is 10.6. The van der Waals surface area contributed by atoms with Gasteiger partial charge in [0.05, 0.1) is 0 Å². The summed E-state index contributed by atoms with van der Waals surface area (Å²) >= 11 is 0. The Hall–Kier alpha value is -2.43. The lowest BCUT2D eigenvalue weighted by atomic mass is 9.46. The highest BCUT2D eigenvalue weighted by Crippen LogP contribution is 2.67. The highest BCUT2D eigenvalue weighted by molar-refractivity contribution is 6.16. The van der Waals surface area contributed by atoms with Crippen LogP contribution in [0, 0.1) is 34.4 Å². The van der Waals surface area contributed by atoms with Gasteiger partial charge in [0.2, 0.25) is 0 Å². The van der Waals surface area contributed by atoms with Gasteiger partial charge in [-0.3, -0.25) is 4.79 Å². The zero-order chi connectivity index (χ0) is 22.1. The van der Waals surface area contributed by atoms with Crippen LogP contribution in [-0.4, -0.2) is 23.0 Å². The number of amides is 1. The minimum Gasteiger partial charge on any atom is -0.478 e. The predicted molar refractivity (Wildman–Crippen MR) is 116 cm³/mol. The van der Waals surface area contributed by atoms with Crippen molar-refractivity contribution in [3.63, 3.8) is 0 Å². The zero-order valence-corrected chi connectivity index (χ0v) is 18.2. The van der Waals surface area contributed by atoms with Crippen molar-refractivity contribution in [3.05, 3.63) is 59.4 Å². The van der Waals surface area contributed by atoms with Crippen molar-refractivity contribution in [3.8, 4) is 0 Å². The second-order valence-corrected chi connectivity index (χ2v) is 10.6. The summed E-state index contributed by atoms with van der Waals surface area (Å²) in [5.74, 6) is -0.410. The van der Waals surface area contributed by atoms with Gasteiger partial charge >= 0.3 is 5.97 Å². The summed E-state index contributed by atoms with van der Waals surface area (Å²) in [6.07, 6.45) is 6.64. The molecule has 3 aliphatic carbocycles. The first-order valence-corrected chi connectivity index (χ1v) is 11.4. The Kier molecular flexibility index (Phi) is 4.48. The van der Waals surface area contributed by atoms with Crippen LogP contribution in [0.1, 0.15) is 57.4 Å². The number of hydrogen-bond acceptors (Lipinski definition) is 2. The molecule has 2 N–H and O–H groups in total. The van der Waals surface area contributed by atoms with Crippen molar-refractivity contribution >= 4 is 11.9 Å². The van der Waals surface area contributed by atoms with E-state index in [1.165, 1.54) is 11.1 Å². The number of halogens is 1. The van der Waals surface area contributed by atoms with Crippen LogP contribution in [0.15, 0.2) is 48.1 Å². The molecule has 0 radical (unpaired) electrons. The summed E-state index contributed by atoms with van der Waals surface area (Å²) < 4.78 is 13.5. The summed E-state index contributed by atoms with van der Waals surface area (Å²) in [6, 6.07) is 6.89. The van der Waals surface area contributed by atoms with Gasteiger partial charge in [0, 0.05) is 11.5 Å². The van der Waals surface area contributed by atoms with Crippen molar-refractivity contribution < 1.29 is 19.1 Å². The molecule has 7 atom stereocenters. The third kappa shape index (κ3) is 2.85. The van der Waals surface area contributed by atoms with Gasteiger partial charge in [0.15, 0.2) is 0 Å². The molecule has 1 aliphatic heterocycles. The molecular weight excluding hydrogens is 393 g/mol. The van der Waals surface area contributed by atoms with Gasteiger partial charge < -0.3 is 10.4 Å². The Balaban J connectivity index is 1.52. The van der Waals surface area contributed by atoms with Crippen LogP contribution in [0.2, 0.25) is 0 Å². The number of nitrogens with one attached hydrogen (secondary N) is 1. The first kappa shape index (κ1) is 20.5. The van der Waals surface area contributed by atoms with Crippen LogP contribution in [-0.2, 0) is 9.59 Å². The number of fused-ring (bicyclic) bond motifs is 5. The maximum atomic E-state index is 13.5. The van der Waals surface area contributed by atoms with Crippen LogP contribution < -0.4 is 5.32 Å². The van der Waals surface area contributed by atoms with E-state index in [1.54, 1.807) is 18.2 Å². The molecule has 1 aromatic carbocycles. The van der Waals surface area contributed by atoms with Crippen molar-refractivity contribution in [2.45, 2.75) is 57.9 Å². The van der Waals surface area contributed by atoms with E-state index in [-0.39, 0.29) is 34.2 Å². The zero-order valence-electron chi connectivity index (χ0n) is 18.2. The summed E-state index contributed by atoms with van der Waals surface area (Å²) in [7, 11) is 0. The molecule has 0 saturated heterocycles. The number of carboxylic acids is 1. The van der Waals surface area contributed by atoms with Gasteiger partial charge in [0.25, 0.3) is 5.91 Å². The number of benzene rings is 1. The van der Waals surface area contributed by atoms with Gasteiger partial charge in [-0.15, -0.1) is 0 Å². The molecular formula is C26H30FNO3. The molecule has 31 heavy (non-hydrogen) atoms. The fourth-order valence-electron chi connectivity index (χ4n) is 7.71. The topological polar surface area (TPSA) is 66.4 Å². The smallest absolute Gasteiger partial charge is 0.341 e. The highest BCUT2D eigenvalue weighted by Gasteiger charge is 2.61. The van der Waals surface area contributed by atoms with Gasteiger partial charge in [-0.25, -0.2) is 9.18 Å². The molecule has 5 heteroatoms. The maximum Gasteiger partial charge on any atom is 0.341 e. The molecule has 3 saturated carbocycles. The first-order valence-electron chi connectivity index (χ1n) is 11.4. The van der Waals surface area contributed by atoms with Crippen LogP contribution in [0.3, 0.4) is 0 Å². The Bertz CT molecular complexity index is 998. The molecule has 0 spiro atoms. The van der Waals surface area contributed by atoms with Crippen LogP contribution in [0.5, 0.6) is 0 Å². The minimum absolute atomic E-state index is 0.101. The number of aliphatic carboxylic acids is 1. The highest BCUT2D eigenvalue weighted by atomic mass is 19.1. The Morgan fingerprint density at radius 3 is 2.55 bits per heavy atom. The summed E-state index contributed by atoms with van der Waals surface area (Å²) in [4.78, 5) is 24.0. The van der Waals surface area contributed by atoms with Crippen LogP contribution >= 0.6 is 0 Å². The molecule has 1 amide bonds. The number of carboxylic acid groups (broad SMARTS) is 1. The molecule has 5 rings (SSSR count). The van der Waals surface area contributed by atoms with E-state index in [2.05, 4.69) is 25.7 Å². The standard InChI is InChI=1S/C26H30FNO3/c1-14-12-21-26(3,13-17(24(30)31)23(29)28-21)20-10-11-25(2)18(8-9-19(25)22(14)20)15-4-6-16(27)7-5-15/h4-7,13,18-22H,1,8-12H2,2-3H3,(H,28,29)(H,30,31)/t18?,19-,20+,21?,22-,25+,26+/m0/s1. The summed E-state index contributed by atoms with van der Waals surface area (Å²) in [5.41, 5.74) is 2.00. The van der Waals surface area contributed by atoms with Crippen LogP contribution in [0.4, 0.5) is 4.39 Å². The van der Waals surface area contributed by atoms with Crippen molar-refractivity contribution in [1.82, 2.24) is 5.32 Å². The average Bonchev–Trinajstić information content (AvgIpc) is 3.06. The molecule has 3 fully saturated rings. The summed E-state index contributed by atoms with van der Waals surface area (Å²) in [6.45, 7) is 8.97. The van der Waals surface area contributed by atoms with Gasteiger partial charge in [-0.05, 0) is 78.9 Å². The number of carbonyl (C=O) groups is 2.